The second-order valence-corrected chi connectivity index (χ2v) is 6.49. The topological polar surface area (TPSA) is 59.4 Å². The molecule has 0 aliphatic rings. The molecular formula is C23H20N4O. The third-order valence-electron chi connectivity index (χ3n) is 4.36. The van der Waals surface area contributed by atoms with E-state index in [0.29, 0.717) is 12.4 Å². The minimum atomic E-state index is 0.551. The fourth-order valence-corrected chi connectivity index (χ4v) is 2.78. The number of aromatic nitrogens is 2. The van der Waals surface area contributed by atoms with Crippen LogP contribution in [0.1, 0.15) is 16.7 Å². The minimum Gasteiger partial charge on any atom is -0.489 e. The van der Waals surface area contributed by atoms with Crippen molar-refractivity contribution in [3.63, 3.8) is 0 Å². The molecule has 4 rings (SSSR count). The number of rotatable bonds is 6. The van der Waals surface area contributed by atoms with Crippen molar-refractivity contribution in [3.8, 4) is 5.75 Å². The number of hydrogen-bond acceptors (Lipinski definition) is 5. The van der Waals surface area contributed by atoms with Crippen molar-refractivity contribution in [2.45, 2.75) is 13.5 Å². The maximum Gasteiger partial charge on any atom is 0.176 e. The van der Waals surface area contributed by atoms with Gasteiger partial charge in [0.15, 0.2) is 5.82 Å². The van der Waals surface area contributed by atoms with Gasteiger partial charge >= 0.3 is 0 Å². The summed E-state index contributed by atoms with van der Waals surface area (Å²) in [6.45, 7) is 2.63. The normalized spacial score (nSPS) is 11.0. The van der Waals surface area contributed by atoms with E-state index in [-0.39, 0.29) is 0 Å². The summed E-state index contributed by atoms with van der Waals surface area (Å²) < 4.78 is 5.83. The largest absolute Gasteiger partial charge is 0.489 e. The Morgan fingerprint density at radius 2 is 1.75 bits per heavy atom. The first-order valence-corrected chi connectivity index (χ1v) is 9.06. The van der Waals surface area contributed by atoms with E-state index in [4.69, 9.17) is 4.74 Å². The van der Waals surface area contributed by atoms with Crippen LogP contribution in [0.4, 0.5) is 5.82 Å². The molecule has 0 unspecified atom stereocenters. The molecule has 0 bridgehead atoms. The third kappa shape index (κ3) is 4.32. The highest BCUT2D eigenvalue weighted by Gasteiger charge is 2.01. The molecule has 3 aromatic carbocycles. The van der Waals surface area contributed by atoms with E-state index in [1.54, 1.807) is 12.4 Å². The Bertz CT molecular complexity index is 1080. The van der Waals surface area contributed by atoms with Crippen LogP contribution in [-0.2, 0) is 6.61 Å². The van der Waals surface area contributed by atoms with E-state index in [9.17, 15) is 0 Å². The monoisotopic (exact) mass is 368 g/mol. The average Bonchev–Trinajstić information content (AvgIpc) is 2.74. The molecule has 0 radical (unpaired) electrons. The molecule has 5 nitrogen and oxygen atoms in total. The van der Waals surface area contributed by atoms with Gasteiger partial charge in [0, 0.05) is 10.8 Å². The van der Waals surface area contributed by atoms with E-state index < -0.39 is 0 Å². The number of benzene rings is 3. The number of ether oxygens (including phenoxy) is 1. The Morgan fingerprint density at radius 1 is 0.964 bits per heavy atom. The lowest BCUT2D eigenvalue weighted by Gasteiger charge is -2.07. The molecule has 1 heterocycles. The van der Waals surface area contributed by atoms with Gasteiger partial charge in [0.2, 0.25) is 0 Å². The molecule has 0 saturated heterocycles. The van der Waals surface area contributed by atoms with Crippen LogP contribution in [0.3, 0.4) is 0 Å². The molecule has 0 aliphatic heterocycles. The maximum absolute atomic E-state index is 5.83. The number of nitrogens with zero attached hydrogens (tertiary/aromatic N) is 3. The predicted octanol–water partition coefficient (Wildman–Crippen LogP) is 4.96. The summed E-state index contributed by atoms with van der Waals surface area (Å²) in [5.41, 5.74) is 6.32. The second-order valence-electron chi connectivity index (χ2n) is 6.49. The molecule has 0 fully saturated rings. The SMILES string of the molecule is Cc1ccc(COc2ccc(/C=N\Nc3nncc4ccccc34)cc2)cc1. The zero-order valence-corrected chi connectivity index (χ0v) is 15.5. The molecular weight excluding hydrogens is 348 g/mol. The molecule has 1 aromatic heterocycles. The van der Waals surface area contributed by atoms with Crippen molar-refractivity contribution in [1.29, 1.82) is 0 Å². The van der Waals surface area contributed by atoms with Gasteiger partial charge in [-0.25, -0.2) is 0 Å². The Kier molecular flexibility index (Phi) is 5.24. The molecule has 0 aliphatic carbocycles. The highest BCUT2D eigenvalue weighted by Crippen LogP contribution is 2.19. The van der Waals surface area contributed by atoms with Crippen LogP contribution in [0.15, 0.2) is 84.1 Å². The smallest absolute Gasteiger partial charge is 0.176 e. The molecule has 138 valence electrons. The summed E-state index contributed by atoms with van der Waals surface area (Å²) in [6, 6.07) is 24.1. The van der Waals surface area contributed by atoms with Crippen LogP contribution in [-0.4, -0.2) is 16.4 Å². The Labute approximate surface area is 163 Å². The lowest BCUT2D eigenvalue weighted by molar-refractivity contribution is 0.306. The maximum atomic E-state index is 5.83. The quantitative estimate of drug-likeness (QED) is 0.386. The summed E-state index contributed by atoms with van der Waals surface area (Å²) in [7, 11) is 0. The van der Waals surface area contributed by atoms with Gasteiger partial charge in [-0.3, -0.25) is 5.43 Å². The Morgan fingerprint density at radius 3 is 2.57 bits per heavy atom. The van der Waals surface area contributed by atoms with Crippen LogP contribution in [0.25, 0.3) is 10.8 Å². The van der Waals surface area contributed by atoms with Gasteiger partial charge in [-0.15, -0.1) is 5.10 Å². The van der Waals surface area contributed by atoms with Crippen molar-refractivity contribution >= 4 is 22.8 Å². The lowest BCUT2D eigenvalue weighted by Crippen LogP contribution is -1.97. The van der Waals surface area contributed by atoms with Crippen molar-refractivity contribution < 1.29 is 4.74 Å². The molecule has 0 saturated carbocycles. The summed E-state index contributed by atoms with van der Waals surface area (Å²) in [5, 5.41) is 14.4. The summed E-state index contributed by atoms with van der Waals surface area (Å²) in [6.07, 6.45) is 3.48. The van der Waals surface area contributed by atoms with Gasteiger partial charge in [0.1, 0.15) is 12.4 Å². The average molecular weight is 368 g/mol. The molecule has 4 aromatic rings. The fraction of sp³-hybridized carbons (Fsp3) is 0.0870. The Hall–Kier alpha value is -3.73. The minimum absolute atomic E-state index is 0.551. The molecule has 0 spiro atoms. The number of fused-ring (bicyclic) bond motifs is 1. The van der Waals surface area contributed by atoms with E-state index in [1.165, 1.54) is 5.56 Å². The van der Waals surface area contributed by atoms with E-state index in [2.05, 4.69) is 51.9 Å². The van der Waals surface area contributed by atoms with Crippen LogP contribution >= 0.6 is 0 Å². The van der Waals surface area contributed by atoms with Gasteiger partial charge in [0.25, 0.3) is 0 Å². The highest BCUT2D eigenvalue weighted by atomic mass is 16.5. The Balaban J connectivity index is 1.36. The van der Waals surface area contributed by atoms with Crippen LogP contribution in [0, 0.1) is 6.92 Å². The number of anilines is 1. The molecule has 0 amide bonds. The molecule has 0 atom stereocenters. The summed E-state index contributed by atoms with van der Waals surface area (Å²) in [5.74, 6) is 1.46. The zero-order valence-electron chi connectivity index (χ0n) is 15.5. The van der Waals surface area contributed by atoms with Gasteiger partial charge in [0.05, 0.1) is 12.4 Å². The van der Waals surface area contributed by atoms with Crippen LogP contribution < -0.4 is 10.2 Å². The first-order valence-electron chi connectivity index (χ1n) is 9.06. The van der Waals surface area contributed by atoms with Crippen molar-refractivity contribution in [3.05, 3.63) is 95.7 Å². The van der Waals surface area contributed by atoms with Crippen LogP contribution in [0.2, 0.25) is 0 Å². The molecule has 5 heteroatoms. The fourth-order valence-electron chi connectivity index (χ4n) is 2.78. The number of nitrogens with one attached hydrogen (secondary N) is 1. The first kappa shape index (κ1) is 17.7. The van der Waals surface area contributed by atoms with Crippen molar-refractivity contribution in [2.75, 3.05) is 5.43 Å². The van der Waals surface area contributed by atoms with E-state index in [0.717, 1.165) is 27.6 Å². The summed E-state index contributed by atoms with van der Waals surface area (Å²) >= 11 is 0. The third-order valence-corrected chi connectivity index (χ3v) is 4.36. The lowest BCUT2D eigenvalue weighted by atomic mass is 10.2. The van der Waals surface area contributed by atoms with Gasteiger partial charge in [-0.05, 0) is 42.3 Å². The van der Waals surface area contributed by atoms with Crippen LogP contribution in [0.5, 0.6) is 5.75 Å². The number of aryl methyl sites for hydroxylation is 1. The molecule has 28 heavy (non-hydrogen) atoms. The molecule has 1 N–H and O–H groups in total. The number of hydrazone groups is 1. The summed E-state index contributed by atoms with van der Waals surface area (Å²) in [4.78, 5) is 0. The second kappa shape index (κ2) is 8.31. The predicted molar refractivity (Wildman–Crippen MR) is 113 cm³/mol. The van der Waals surface area contributed by atoms with Gasteiger partial charge < -0.3 is 4.74 Å². The van der Waals surface area contributed by atoms with Crippen molar-refractivity contribution in [2.24, 2.45) is 5.10 Å². The van der Waals surface area contributed by atoms with E-state index in [1.807, 2.05) is 48.5 Å². The highest BCUT2D eigenvalue weighted by molar-refractivity contribution is 5.91. The van der Waals surface area contributed by atoms with E-state index >= 15 is 0 Å². The zero-order chi connectivity index (χ0) is 19.2. The van der Waals surface area contributed by atoms with Gasteiger partial charge in [-0.1, -0.05) is 54.1 Å². The standard InChI is InChI=1S/C23H20N4O/c1-17-6-8-19(9-7-17)16-28-21-12-10-18(11-13-21)14-24-26-23-22-5-3-2-4-20(22)15-25-27-23/h2-15H,16H2,1H3,(H,26,27)/b24-14-. The first-order chi connectivity index (χ1) is 13.8. The van der Waals surface area contributed by atoms with Gasteiger partial charge in [-0.2, -0.15) is 10.2 Å². The number of hydrogen-bond donors (Lipinski definition) is 1. The van der Waals surface area contributed by atoms with Crippen molar-refractivity contribution in [1.82, 2.24) is 10.2 Å².